The summed E-state index contributed by atoms with van der Waals surface area (Å²) in [6, 6.07) is 7.66. The highest BCUT2D eigenvalue weighted by Gasteiger charge is 2.61. The van der Waals surface area contributed by atoms with Crippen LogP contribution in [0.1, 0.15) is 49.7 Å². The van der Waals surface area contributed by atoms with Crippen LogP contribution in [0.4, 0.5) is 0 Å². The van der Waals surface area contributed by atoms with E-state index >= 15 is 0 Å². The van der Waals surface area contributed by atoms with Crippen LogP contribution in [0.3, 0.4) is 0 Å². The molecule has 1 spiro atoms. The Hall–Kier alpha value is -0.980. The Morgan fingerprint density at radius 3 is 2.70 bits per heavy atom. The molecule has 4 atom stereocenters. The molecule has 0 amide bonds. The van der Waals surface area contributed by atoms with Gasteiger partial charge in [0, 0.05) is 19.1 Å². The number of benzene rings is 1. The predicted octanol–water partition coefficient (Wildman–Crippen LogP) is 3.01. The fourth-order valence-electron chi connectivity index (χ4n) is 4.36. The predicted molar refractivity (Wildman–Crippen MR) is 82.0 cm³/mol. The highest BCUT2D eigenvalue weighted by atomic mass is 17.3. The fraction of sp³-hybridized carbons (Fsp3) is 0.667. The Morgan fingerprint density at radius 2 is 1.96 bits per heavy atom. The van der Waals surface area contributed by atoms with E-state index in [4.69, 9.17) is 19.2 Å². The van der Waals surface area contributed by atoms with E-state index in [1.165, 1.54) is 6.42 Å². The number of hydrogen-bond donors (Lipinski definition) is 1. The molecule has 126 valence electrons. The van der Waals surface area contributed by atoms with E-state index in [1.807, 2.05) is 24.3 Å². The van der Waals surface area contributed by atoms with Gasteiger partial charge in [-0.05, 0) is 30.7 Å². The zero-order chi connectivity index (χ0) is 15.9. The zero-order valence-electron chi connectivity index (χ0n) is 13.5. The lowest BCUT2D eigenvalue weighted by atomic mass is 9.73. The fourth-order valence-corrected chi connectivity index (χ4v) is 4.36. The number of aliphatic hydroxyl groups is 1. The summed E-state index contributed by atoms with van der Waals surface area (Å²) in [6.07, 6.45) is 5.72. The molecule has 23 heavy (non-hydrogen) atoms. The first kappa shape index (κ1) is 15.5. The van der Waals surface area contributed by atoms with Crippen molar-refractivity contribution in [3.63, 3.8) is 0 Å². The molecular formula is C18H24O5. The molecule has 5 heteroatoms. The summed E-state index contributed by atoms with van der Waals surface area (Å²) in [7, 11) is 1.68. The number of methoxy groups -OCH3 is 1. The average molecular weight is 320 g/mol. The van der Waals surface area contributed by atoms with Crippen LogP contribution in [0.5, 0.6) is 0 Å². The van der Waals surface area contributed by atoms with Crippen molar-refractivity contribution in [1.29, 1.82) is 0 Å². The van der Waals surface area contributed by atoms with Crippen molar-refractivity contribution >= 4 is 0 Å². The minimum Gasteiger partial charge on any atom is -0.392 e. The van der Waals surface area contributed by atoms with Crippen molar-refractivity contribution in [2.45, 2.75) is 62.8 Å². The standard InChI is InChI=1S/C18H24O5/c1-20-16-17-10-3-2-4-14(17)9-11-18(21-16,23-22-17)15-7-5-13(12-19)6-8-15/h5-8,14,16,19H,2-4,9-12H2,1H3/t14-,16+,17+,18+/m1/s1. The van der Waals surface area contributed by atoms with Crippen molar-refractivity contribution in [2.24, 2.45) is 5.92 Å². The SMILES string of the molecule is CO[C@H]1O[C@@]2(c3ccc(CO)cc3)CC[C@H]3CCCC[C@]31OO2. The van der Waals surface area contributed by atoms with Gasteiger partial charge in [0.15, 0.2) is 11.9 Å². The van der Waals surface area contributed by atoms with Crippen LogP contribution in [0.25, 0.3) is 0 Å². The normalized spacial score (nSPS) is 39.7. The van der Waals surface area contributed by atoms with Crippen molar-refractivity contribution < 1.29 is 24.4 Å². The Morgan fingerprint density at radius 1 is 1.13 bits per heavy atom. The summed E-state index contributed by atoms with van der Waals surface area (Å²) in [5.74, 6) is -0.514. The maximum Gasteiger partial charge on any atom is 0.230 e. The lowest BCUT2D eigenvalue weighted by Gasteiger charge is -2.49. The third-order valence-electron chi connectivity index (χ3n) is 5.70. The van der Waals surface area contributed by atoms with E-state index in [0.29, 0.717) is 5.92 Å². The van der Waals surface area contributed by atoms with E-state index in [1.54, 1.807) is 7.11 Å². The summed E-state index contributed by atoms with van der Waals surface area (Å²) in [5, 5.41) is 9.23. The van der Waals surface area contributed by atoms with Gasteiger partial charge in [-0.3, -0.25) is 0 Å². The first-order chi connectivity index (χ1) is 11.2. The monoisotopic (exact) mass is 320 g/mol. The summed E-state index contributed by atoms with van der Waals surface area (Å²) >= 11 is 0. The van der Waals surface area contributed by atoms with Gasteiger partial charge in [-0.2, -0.15) is 4.89 Å². The van der Waals surface area contributed by atoms with E-state index in [9.17, 15) is 5.11 Å². The molecule has 3 saturated heterocycles. The quantitative estimate of drug-likeness (QED) is 0.868. The number of aliphatic hydroxyl groups excluding tert-OH is 1. The van der Waals surface area contributed by atoms with Gasteiger partial charge in [-0.15, -0.1) is 0 Å². The molecule has 4 aliphatic rings. The van der Waals surface area contributed by atoms with Gasteiger partial charge in [0.05, 0.1) is 6.61 Å². The van der Waals surface area contributed by atoms with Gasteiger partial charge >= 0.3 is 0 Å². The molecule has 5 rings (SSSR count). The molecule has 4 fully saturated rings. The zero-order valence-corrected chi connectivity index (χ0v) is 13.5. The summed E-state index contributed by atoms with van der Waals surface area (Å²) in [5.41, 5.74) is 1.30. The second-order valence-corrected chi connectivity index (χ2v) is 6.90. The maximum atomic E-state index is 9.23. The minimum absolute atomic E-state index is 0.0252. The number of rotatable bonds is 3. The van der Waals surface area contributed by atoms with E-state index in [0.717, 1.165) is 43.2 Å². The van der Waals surface area contributed by atoms with Crippen LogP contribution in [-0.2, 0) is 31.6 Å². The third-order valence-corrected chi connectivity index (χ3v) is 5.70. The van der Waals surface area contributed by atoms with Gasteiger partial charge in [0.25, 0.3) is 0 Å². The maximum absolute atomic E-state index is 9.23. The second kappa shape index (κ2) is 5.83. The smallest absolute Gasteiger partial charge is 0.230 e. The van der Waals surface area contributed by atoms with Crippen LogP contribution >= 0.6 is 0 Å². The molecule has 1 aliphatic carbocycles. The lowest BCUT2D eigenvalue weighted by Crippen LogP contribution is -2.59. The number of ether oxygens (including phenoxy) is 2. The topological polar surface area (TPSA) is 57.2 Å². The van der Waals surface area contributed by atoms with Crippen molar-refractivity contribution in [3.05, 3.63) is 35.4 Å². The summed E-state index contributed by atoms with van der Waals surface area (Å²) < 4.78 is 12.0. The molecule has 2 bridgehead atoms. The molecule has 3 heterocycles. The van der Waals surface area contributed by atoms with E-state index in [-0.39, 0.29) is 6.61 Å². The van der Waals surface area contributed by atoms with Crippen LogP contribution in [-0.4, -0.2) is 24.1 Å². The molecule has 0 radical (unpaired) electrons. The highest BCUT2D eigenvalue weighted by molar-refractivity contribution is 5.26. The third kappa shape index (κ3) is 2.34. The van der Waals surface area contributed by atoms with Crippen LogP contribution in [0.15, 0.2) is 24.3 Å². The van der Waals surface area contributed by atoms with Gasteiger partial charge in [0.2, 0.25) is 5.79 Å². The van der Waals surface area contributed by atoms with Gasteiger partial charge < -0.3 is 14.6 Å². The Balaban J connectivity index is 1.70. The first-order valence-corrected chi connectivity index (χ1v) is 8.50. The van der Waals surface area contributed by atoms with Gasteiger partial charge in [-0.1, -0.05) is 37.1 Å². The molecule has 5 nitrogen and oxygen atoms in total. The second-order valence-electron chi connectivity index (χ2n) is 6.90. The van der Waals surface area contributed by atoms with Crippen LogP contribution < -0.4 is 0 Å². The van der Waals surface area contributed by atoms with Crippen LogP contribution in [0, 0.1) is 5.92 Å². The van der Waals surface area contributed by atoms with Crippen molar-refractivity contribution in [1.82, 2.24) is 0 Å². The average Bonchev–Trinajstić information content (AvgIpc) is 2.88. The van der Waals surface area contributed by atoms with Gasteiger partial charge in [0.1, 0.15) is 0 Å². The largest absolute Gasteiger partial charge is 0.392 e. The lowest BCUT2D eigenvalue weighted by molar-refractivity contribution is -0.558. The van der Waals surface area contributed by atoms with E-state index < -0.39 is 17.7 Å². The highest BCUT2D eigenvalue weighted by Crippen LogP contribution is 2.55. The Labute approximate surface area is 136 Å². The number of hydrogen-bond acceptors (Lipinski definition) is 5. The summed E-state index contributed by atoms with van der Waals surface area (Å²) in [6.45, 7) is 0.0252. The Bertz CT molecular complexity index is 555. The number of fused-ring (bicyclic) bond motifs is 3. The Kier molecular flexibility index (Phi) is 3.94. The van der Waals surface area contributed by atoms with Crippen LogP contribution in [0.2, 0.25) is 0 Å². The minimum atomic E-state index is -0.919. The van der Waals surface area contributed by atoms with E-state index in [2.05, 4.69) is 0 Å². The van der Waals surface area contributed by atoms with Crippen molar-refractivity contribution in [2.75, 3.05) is 7.11 Å². The first-order valence-electron chi connectivity index (χ1n) is 8.50. The molecule has 0 unspecified atom stereocenters. The van der Waals surface area contributed by atoms with Gasteiger partial charge in [-0.25, -0.2) is 4.89 Å². The molecule has 1 aromatic rings. The molecule has 0 aromatic heterocycles. The molecular weight excluding hydrogens is 296 g/mol. The molecule has 1 aromatic carbocycles. The molecule has 3 aliphatic heterocycles. The molecule has 1 N–H and O–H groups in total. The van der Waals surface area contributed by atoms with Crippen molar-refractivity contribution in [3.8, 4) is 0 Å². The summed E-state index contributed by atoms with van der Waals surface area (Å²) in [4.78, 5) is 11.9. The molecule has 1 saturated carbocycles.